The number of Topliss-reactive ketones (excluding diaryl/α,β-unsaturated/α-hetero) is 1. The lowest BCUT2D eigenvalue weighted by Crippen LogP contribution is -2.24. The number of nitrogens with zero attached hydrogens (tertiary/aromatic N) is 2. The molecule has 0 fully saturated rings. The summed E-state index contributed by atoms with van der Waals surface area (Å²) in [5, 5.41) is 0. The molecular weight excluding hydrogens is 320 g/mol. The molecule has 0 spiro atoms. The molecule has 1 atom stereocenters. The molecule has 3 aromatic rings. The SMILES string of the molecule is COc1ccc(C(=O)[C@@H](C)OC(=O)c2ccc3nccnc3c2)cc1. The van der Waals surface area contributed by atoms with E-state index in [2.05, 4.69) is 9.97 Å². The number of esters is 1. The van der Waals surface area contributed by atoms with Crippen molar-refractivity contribution in [2.75, 3.05) is 7.11 Å². The molecule has 0 aliphatic heterocycles. The van der Waals surface area contributed by atoms with Gasteiger partial charge in [0.15, 0.2) is 6.10 Å². The Kier molecular flexibility index (Phi) is 4.70. The van der Waals surface area contributed by atoms with E-state index in [1.807, 2.05) is 0 Å². The van der Waals surface area contributed by atoms with Crippen molar-refractivity contribution in [2.24, 2.45) is 0 Å². The summed E-state index contributed by atoms with van der Waals surface area (Å²) >= 11 is 0. The van der Waals surface area contributed by atoms with Gasteiger partial charge in [0.1, 0.15) is 5.75 Å². The summed E-state index contributed by atoms with van der Waals surface area (Å²) in [6.07, 6.45) is 2.22. The Bertz CT molecular complexity index is 922. The van der Waals surface area contributed by atoms with Crippen molar-refractivity contribution < 1.29 is 19.1 Å². The minimum atomic E-state index is -0.904. The standard InChI is InChI=1S/C19H16N2O4/c1-12(18(22)13-3-6-15(24-2)7-4-13)25-19(23)14-5-8-16-17(11-14)21-10-9-20-16/h3-12H,1-2H3/t12-/m1/s1. The van der Waals surface area contributed by atoms with Gasteiger partial charge in [-0.2, -0.15) is 0 Å². The quantitative estimate of drug-likeness (QED) is 0.526. The zero-order chi connectivity index (χ0) is 17.8. The van der Waals surface area contributed by atoms with Crippen molar-refractivity contribution >= 4 is 22.8 Å². The Morgan fingerprint density at radius 3 is 2.24 bits per heavy atom. The summed E-state index contributed by atoms with van der Waals surface area (Å²) in [7, 11) is 1.55. The second-order valence-electron chi connectivity index (χ2n) is 5.40. The first-order valence-corrected chi connectivity index (χ1v) is 7.68. The van der Waals surface area contributed by atoms with Gasteiger partial charge in [-0.3, -0.25) is 14.8 Å². The first kappa shape index (κ1) is 16.6. The number of hydrogen-bond acceptors (Lipinski definition) is 6. The normalized spacial score (nSPS) is 11.8. The monoisotopic (exact) mass is 336 g/mol. The van der Waals surface area contributed by atoms with Gasteiger partial charge in [-0.1, -0.05) is 0 Å². The Hall–Kier alpha value is -3.28. The van der Waals surface area contributed by atoms with Gasteiger partial charge in [0.25, 0.3) is 0 Å². The second-order valence-corrected chi connectivity index (χ2v) is 5.40. The van der Waals surface area contributed by atoms with Gasteiger partial charge < -0.3 is 9.47 Å². The molecule has 0 N–H and O–H groups in total. The lowest BCUT2D eigenvalue weighted by molar-refractivity contribution is 0.0319. The highest BCUT2D eigenvalue weighted by molar-refractivity contribution is 6.02. The van der Waals surface area contributed by atoms with Crippen LogP contribution in [0, 0.1) is 0 Å². The van der Waals surface area contributed by atoms with Gasteiger partial charge in [0, 0.05) is 18.0 Å². The lowest BCUT2D eigenvalue weighted by atomic mass is 10.1. The third-order valence-electron chi connectivity index (χ3n) is 3.73. The molecule has 0 unspecified atom stereocenters. The number of carbonyl (C=O) groups excluding carboxylic acids is 2. The van der Waals surface area contributed by atoms with Gasteiger partial charge in [-0.25, -0.2) is 4.79 Å². The lowest BCUT2D eigenvalue weighted by Gasteiger charge is -2.13. The molecule has 6 nitrogen and oxygen atoms in total. The number of ketones is 1. The molecule has 1 aromatic heterocycles. The summed E-state index contributed by atoms with van der Waals surface area (Å²) in [5.74, 6) is -0.211. The van der Waals surface area contributed by atoms with E-state index in [4.69, 9.17) is 9.47 Å². The Labute approximate surface area is 144 Å². The number of rotatable bonds is 5. The largest absolute Gasteiger partial charge is 0.497 e. The fraction of sp³-hybridized carbons (Fsp3) is 0.158. The number of hydrogen-bond donors (Lipinski definition) is 0. The van der Waals surface area contributed by atoms with Crippen LogP contribution in [0.5, 0.6) is 5.75 Å². The van der Waals surface area contributed by atoms with Crippen LogP contribution in [0.4, 0.5) is 0 Å². The van der Waals surface area contributed by atoms with Gasteiger partial charge in [-0.15, -0.1) is 0 Å². The van der Waals surface area contributed by atoms with Crippen molar-refractivity contribution in [2.45, 2.75) is 13.0 Å². The summed E-state index contributed by atoms with van der Waals surface area (Å²) in [6.45, 7) is 1.55. The minimum Gasteiger partial charge on any atom is -0.497 e. The van der Waals surface area contributed by atoms with E-state index in [0.717, 1.165) is 0 Å². The van der Waals surface area contributed by atoms with Crippen LogP contribution in [-0.4, -0.2) is 34.9 Å². The summed E-state index contributed by atoms with van der Waals surface area (Å²) in [5.41, 5.74) is 2.04. The number of ether oxygens (including phenoxy) is 2. The van der Waals surface area contributed by atoms with E-state index in [0.29, 0.717) is 27.9 Å². The number of fused-ring (bicyclic) bond motifs is 1. The predicted octanol–water partition coefficient (Wildman–Crippen LogP) is 3.07. The number of benzene rings is 2. The molecule has 0 saturated carbocycles. The zero-order valence-electron chi connectivity index (χ0n) is 13.8. The fourth-order valence-corrected chi connectivity index (χ4v) is 2.36. The second kappa shape index (κ2) is 7.09. The van der Waals surface area contributed by atoms with Crippen LogP contribution < -0.4 is 4.74 Å². The van der Waals surface area contributed by atoms with E-state index in [1.165, 1.54) is 0 Å². The van der Waals surface area contributed by atoms with E-state index in [1.54, 1.807) is 68.9 Å². The van der Waals surface area contributed by atoms with Crippen molar-refractivity contribution in [3.05, 3.63) is 66.0 Å². The van der Waals surface area contributed by atoms with E-state index in [9.17, 15) is 9.59 Å². The van der Waals surface area contributed by atoms with E-state index in [-0.39, 0.29) is 5.78 Å². The van der Waals surface area contributed by atoms with E-state index < -0.39 is 12.1 Å². The number of methoxy groups -OCH3 is 1. The molecule has 0 radical (unpaired) electrons. The van der Waals surface area contributed by atoms with Gasteiger partial charge in [0.2, 0.25) is 5.78 Å². The maximum atomic E-state index is 12.4. The molecule has 0 amide bonds. The van der Waals surface area contributed by atoms with Crippen LogP contribution in [0.1, 0.15) is 27.6 Å². The van der Waals surface area contributed by atoms with Gasteiger partial charge in [0.05, 0.1) is 23.7 Å². The predicted molar refractivity (Wildman–Crippen MR) is 91.7 cm³/mol. The van der Waals surface area contributed by atoms with Gasteiger partial charge in [-0.05, 0) is 49.4 Å². The van der Waals surface area contributed by atoms with Crippen LogP contribution in [-0.2, 0) is 4.74 Å². The Morgan fingerprint density at radius 2 is 1.56 bits per heavy atom. The highest BCUT2D eigenvalue weighted by atomic mass is 16.5. The topological polar surface area (TPSA) is 78.4 Å². The first-order valence-electron chi connectivity index (χ1n) is 7.68. The van der Waals surface area contributed by atoms with E-state index >= 15 is 0 Å². The third kappa shape index (κ3) is 3.63. The third-order valence-corrected chi connectivity index (χ3v) is 3.73. The van der Waals surface area contributed by atoms with Crippen molar-refractivity contribution in [3.8, 4) is 5.75 Å². The molecule has 1 heterocycles. The van der Waals surface area contributed by atoms with Crippen molar-refractivity contribution in [1.29, 1.82) is 0 Å². The van der Waals surface area contributed by atoms with Gasteiger partial charge >= 0.3 is 5.97 Å². The zero-order valence-corrected chi connectivity index (χ0v) is 13.8. The molecule has 25 heavy (non-hydrogen) atoms. The summed E-state index contributed by atoms with van der Waals surface area (Å²) in [6, 6.07) is 11.5. The molecule has 0 bridgehead atoms. The minimum absolute atomic E-state index is 0.281. The van der Waals surface area contributed by atoms with Crippen LogP contribution in [0.15, 0.2) is 54.9 Å². The molecule has 0 saturated heterocycles. The molecule has 0 aliphatic rings. The van der Waals surface area contributed by atoms with Crippen molar-refractivity contribution in [1.82, 2.24) is 9.97 Å². The maximum Gasteiger partial charge on any atom is 0.338 e. The Balaban J connectivity index is 1.72. The molecule has 0 aliphatic carbocycles. The maximum absolute atomic E-state index is 12.4. The Morgan fingerprint density at radius 1 is 0.920 bits per heavy atom. The van der Waals surface area contributed by atoms with Crippen LogP contribution in [0.3, 0.4) is 0 Å². The first-order chi connectivity index (χ1) is 12.1. The molecule has 3 rings (SSSR count). The van der Waals surface area contributed by atoms with Crippen LogP contribution in [0.25, 0.3) is 11.0 Å². The average Bonchev–Trinajstić information content (AvgIpc) is 2.67. The fourth-order valence-electron chi connectivity index (χ4n) is 2.36. The smallest absolute Gasteiger partial charge is 0.338 e. The van der Waals surface area contributed by atoms with Crippen molar-refractivity contribution in [3.63, 3.8) is 0 Å². The molecule has 6 heteroatoms. The van der Waals surface area contributed by atoms with Crippen LogP contribution in [0.2, 0.25) is 0 Å². The molecule has 2 aromatic carbocycles. The highest BCUT2D eigenvalue weighted by Crippen LogP contribution is 2.16. The highest BCUT2D eigenvalue weighted by Gasteiger charge is 2.20. The van der Waals surface area contributed by atoms with Crippen LogP contribution >= 0.6 is 0 Å². The summed E-state index contributed by atoms with van der Waals surface area (Å²) in [4.78, 5) is 33.0. The number of carbonyl (C=O) groups is 2. The molecule has 126 valence electrons. The average molecular weight is 336 g/mol. The summed E-state index contributed by atoms with van der Waals surface area (Å²) < 4.78 is 10.3. The molecular formula is C19H16N2O4. The number of aromatic nitrogens is 2.